The molecule has 1 amide bonds. The highest BCUT2D eigenvalue weighted by Gasteiger charge is 2.06. The van der Waals surface area contributed by atoms with Gasteiger partial charge in [0.05, 0.1) is 0 Å². The lowest BCUT2D eigenvalue weighted by atomic mass is 10.2. The van der Waals surface area contributed by atoms with Gasteiger partial charge in [-0.15, -0.1) is 5.10 Å². The fourth-order valence-electron chi connectivity index (χ4n) is 1.35. The fraction of sp³-hybridized carbons (Fsp3) is 0.273. The summed E-state index contributed by atoms with van der Waals surface area (Å²) in [7, 11) is 0. The van der Waals surface area contributed by atoms with Crippen LogP contribution in [0.25, 0.3) is 0 Å². The summed E-state index contributed by atoms with van der Waals surface area (Å²) in [6, 6.07) is 7.60. The number of anilines is 1. The van der Waals surface area contributed by atoms with Gasteiger partial charge in [0, 0.05) is 0 Å². The van der Waals surface area contributed by atoms with Crippen LogP contribution in [0.4, 0.5) is 5.95 Å². The summed E-state index contributed by atoms with van der Waals surface area (Å²) in [6.07, 6.45) is 0.971. The Morgan fingerprint density at radius 2 is 2.17 bits per heavy atom. The standard InChI is InChI=1S/C11H13N5O2/c1-2-8-3-5-9(6-4-8)18-7-10(17)12-11-13-15-16-14-11/h3-6H,2,7H2,1H3,(H2,12,13,14,15,16,17). The summed E-state index contributed by atoms with van der Waals surface area (Å²) in [5, 5.41) is 15.2. The zero-order valence-electron chi connectivity index (χ0n) is 9.88. The van der Waals surface area contributed by atoms with E-state index < -0.39 is 0 Å². The number of nitrogens with one attached hydrogen (secondary N) is 2. The van der Waals surface area contributed by atoms with Crippen LogP contribution in [0.2, 0.25) is 0 Å². The molecule has 7 heteroatoms. The largest absolute Gasteiger partial charge is 0.484 e. The number of carbonyl (C=O) groups is 1. The minimum absolute atomic E-state index is 0.0972. The minimum atomic E-state index is -0.337. The summed E-state index contributed by atoms with van der Waals surface area (Å²) in [4.78, 5) is 11.4. The first-order valence-electron chi connectivity index (χ1n) is 5.53. The third-order valence-corrected chi connectivity index (χ3v) is 2.30. The van der Waals surface area contributed by atoms with E-state index in [9.17, 15) is 4.79 Å². The number of aryl methyl sites for hydroxylation is 1. The third kappa shape index (κ3) is 3.27. The van der Waals surface area contributed by atoms with Gasteiger partial charge in [-0.25, -0.2) is 0 Å². The molecule has 1 aromatic heterocycles. The van der Waals surface area contributed by atoms with Gasteiger partial charge in [0.25, 0.3) is 11.9 Å². The molecule has 0 spiro atoms. The molecule has 0 saturated heterocycles. The van der Waals surface area contributed by atoms with Crippen molar-refractivity contribution in [2.75, 3.05) is 11.9 Å². The van der Waals surface area contributed by atoms with Crippen molar-refractivity contribution in [3.63, 3.8) is 0 Å². The van der Waals surface area contributed by atoms with Crippen LogP contribution in [0.3, 0.4) is 0 Å². The molecule has 0 radical (unpaired) electrons. The molecule has 0 fully saturated rings. The molecule has 0 aliphatic heterocycles. The molecule has 0 unspecified atom stereocenters. The van der Waals surface area contributed by atoms with Crippen molar-refractivity contribution in [3.05, 3.63) is 29.8 Å². The zero-order chi connectivity index (χ0) is 12.8. The summed E-state index contributed by atoms with van der Waals surface area (Å²) >= 11 is 0. The average Bonchev–Trinajstić information content (AvgIpc) is 2.90. The number of aromatic amines is 1. The Morgan fingerprint density at radius 3 is 2.78 bits per heavy atom. The van der Waals surface area contributed by atoms with Crippen molar-refractivity contribution in [3.8, 4) is 5.75 Å². The second kappa shape index (κ2) is 5.76. The molecule has 2 rings (SSSR count). The predicted octanol–water partition coefficient (Wildman–Crippen LogP) is 0.780. The van der Waals surface area contributed by atoms with Crippen LogP contribution in [-0.2, 0) is 11.2 Å². The highest BCUT2D eigenvalue weighted by Crippen LogP contribution is 2.12. The zero-order valence-corrected chi connectivity index (χ0v) is 9.88. The summed E-state index contributed by atoms with van der Waals surface area (Å²) in [5.41, 5.74) is 1.22. The maximum Gasteiger partial charge on any atom is 0.269 e. The topological polar surface area (TPSA) is 92.8 Å². The highest BCUT2D eigenvalue weighted by molar-refractivity contribution is 5.89. The summed E-state index contributed by atoms with van der Waals surface area (Å²) < 4.78 is 5.32. The minimum Gasteiger partial charge on any atom is -0.484 e. The molecule has 18 heavy (non-hydrogen) atoms. The van der Waals surface area contributed by atoms with Gasteiger partial charge in [0.2, 0.25) is 0 Å². The first-order chi connectivity index (χ1) is 8.78. The SMILES string of the molecule is CCc1ccc(OCC(=O)Nc2nn[nH]n2)cc1. The van der Waals surface area contributed by atoms with Gasteiger partial charge in [0.15, 0.2) is 6.61 Å². The Hall–Kier alpha value is -2.44. The van der Waals surface area contributed by atoms with Gasteiger partial charge in [-0.1, -0.05) is 24.2 Å². The number of hydrogen-bond acceptors (Lipinski definition) is 5. The molecule has 0 saturated carbocycles. The van der Waals surface area contributed by atoms with Crippen molar-refractivity contribution in [2.45, 2.75) is 13.3 Å². The normalized spacial score (nSPS) is 10.1. The predicted molar refractivity (Wildman–Crippen MR) is 64.1 cm³/mol. The van der Waals surface area contributed by atoms with Gasteiger partial charge >= 0.3 is 0 Å². The molecular formula is C11H13N5O2. The number of nitrogens with zero attached hydrogens (tertiary/aromatic N) is 3. The Morgan fingerprint density at radius 1 is 1.39 bits per heavy atom. The number of aromatic nitrogens is 4. The lowest BCUT2D eigenvalue weighted by molar-refractivity contribution is -0.118. The van der Waals surface area contributed by atoms with Crippen molar-refractivity contribution >= 4 is 11.9 Å². The maximum atomic E-state index is 11.4. The molecule has 94 valence electrons. The number of rotatable bonds is 5. The molecule has 2 N–H and O–H groups in total. The lowest BCUT2D eigenvalue weighted by Crippen LogP contribution is -2.20. The number of carbonyl (C=O) groups excluding carboxylic acids is 1. The molecule has 2 aromatic rings. The van der Waals surface area contributed by atoms with E-state index in [2.05, 4.69) is 32.9 Å². The van der Waals surface area contributed by atoms with E-state index in [0.29, 0.717) is 5.75 Å². The van der Waals surface area contributed by atoms with Crippen LogP contribution < -0.4 is 10.1 Å². The van der Waals surface area contributed by atoms with E-state index >= 15 is 0 Å². The Labute approximate surface area is 104 Å². The number of hydrogen-bond donors (Lipinski definition) is 2. The molecule has 0 bridgehead atoms. The van der Waals surface area contributed by atoms with Crippen LogP contribution in [-0.4, -0.2) is 33.1 Å². The fourth-order valence-corrected chi connectivity index (χ4v) is 1.35. The third-order valence-electron chi connectivity index (χ3n) is 2.30. The Bertz CT molecular complexity index is 495. The Balaban J connectivity index is 1.81. The van der Waals surface area contributed by atoms with E-state index in [4.69, 9.17) is 4.74 Å². The van der Waals surface area contributed by atoms with E-state index in [1.807, 2.05) is 24.3 Å². The number of ether oxygens (including phenoxy) is 1. The van der Waals surface area contributed by atoms with Gasteiger partial charge in [-0.2, -0.15) is 5.21 Å². The van der Waals surface area contributed by atoms with Crippen LogP contribution in [0.15, 0.2) is 24.3 Å². The first-order valence-corrected chi connectivity index (χ1v) is 5.53. The molecule has 7 nitrogen and oxygen atoms in total. The van der Waals surface area contributed by atoms with E-state index in [1.54, 1.807) is 0 Å². The lowest BCUT2D eigenvalue weighted by Gasteiger charge is -2.05. The van der Waals surface area contributed by atoms with Crippen molar-refractivity contribution in [1.82, 2.24) is 20.6 Å². The first kappa shape index (κ1) is 12.0. The Kier molecular flexibility index (Phi) is 3.85. The second-order valence-corrected chi connectivity index (χ2v) is 3.57. The maximum absolute atomic E-state index is 11.4. The summed E-state index contributed by atoms with van der Waals surface area (Å²) in [5.74, 6) is 0.441. The quantitative estimate of drug-likeness (QED) is 0.814. The monoisotopic (exact) mass is 247 g/mol. The van der Waals surface area contributed by atoms with E-state index in [-0.39, 0.29) is 18.5 Å². The van der Waals surface area contributed by atoms with Crippen molar-refractivity contribution in [1.29, 1.82) is 0 Å². The smallest absolute Gasteiger partial charge is 0.269 e. The summed E-state index contributed by atoms with van der Waals surface area (Å²) in [6.45, 7) is 1.98. The molecule has 0 aliphatic rings. The van der Waals surface area contributed by atoms with Gasteiger partial charge in [0.1, 0.15) is 5.75 Å². The molecule has 1 heterocycles. The van der Waals surface area contributed by atoms with Crippen LogP contribution >= 0.6 is 0 Å². The molecule has 1 aromatic carbocycles. The number of tetrazole rings is 1. The van der Waals surface area contributed by atoms with Crippen LogP contribution in [0.1, 0.15) is 12.5 Å². The van der Waals surface area contributed by atoms with Gasteiger partial charge in [-0.3, -0.25) is 10.1 Å². The van der Waals surface area contributed by atoms with E-state index in [0.717, 1.165) is 6.42 Å². The highest BCUT2D eigenvalue weighted by atomic mass is 16.5. The molecule has 0 aliphatic carbocycles. The molecular weight excluding hydrogens is 234 g/mol. The number of H-pyrrole nitrogens is 1. The van der Waals surface area contributed by atoms with Crippen molar-refractivity contribution in [2.24, 2.45) is 0 Å². The van der Waals surface area contributed by atoms with Crippen LogP contribution in [0, 0.1) is 0 Å². The van der Waals surface area contributed by atoms with Crippen molar-refractivity contribution < 1.29 is 9.53 Å². The number of benzene rings is 1. The molecule has 0 atom stereocenters. The number of amides is 1. The average molecular weight is 247 g/mol. The second-order valence-electron chi connectivity index (χ2n) is 3.57. The van der Waals surface area contributed by atoms with Gasteiger partial charge < -0.3 is 4.74 Å². The van der Waals surface area contributed by atoms with Crippen LogP contribution in [0.5, 0.6) is 5.75 Å². The van der Waals surface area contributed by atoms with Gasteiger partial charge in [-0.05, 0) is 29.3 Å². The van der Waals surface area contributed by atoms with E-state index in [1.165, 1.54) is 5.56 Å².